The van der Waals surface area contributed by atoms with E-state index in [-0.39, 0.29) is 0 Å². The van der Waals surface area contributed by atoms with Crippen molar-refractivity contribution < 1.29 is 4.57 Å². The van der Waals surface area contributed by atoms with Crippen LogP contribution in [0.4, 0.5) is 0 Å². The van der Waals surface area contributed by atoms with E-state index in [4.69, 9.17) is 0 Å². The molecular formula is C38H72N+. The zero-order chi connectivity index (χ0) is 27.9. The first-order valence-electron chi connectivity index (χ1n) is 18.3. The number of nitrogens with zero attached hydrogens (tertiary/aromatic N) is 1. The Balaban J connectivity index is 1.82. The third kappa shape index (κ3) is 25.8. The molecule has 1 rings (SSSR count). The maximum atomic E-state index is 2.40. The molecule has 0 unspecified atom stereocenters. The van der Waals surface area contributed by atoms with Crippen LogP contribution in [-0.2, 0) is 13.0 Å². The molecule has 0 radical (unpaired) electrons. The summed E-state index contributed by atoms with van der Waals surface area (Å²) in [7, 11) is 0. The third-order valence-electron chi connectivity index (χ3n) is 8.80. The average Bonchev–Trinajstić information content (AvgIpc) is 2.96. The largest absolute Gasteiger partial charge is 0.205 e. The fourth-order valence-electron chi connectivity index (χ4n) is 5.99. The number of rotatable bonds is 31. The summed E-state index contributed by atoms with van der Waals surface area (Å²) in [5.41, 5.74) is 1.53. The molecule has 0 saturated heterocycles. The molecule has 1 aromatic rings. The van der Waals surface area contributed by atoms with Gasteiger partial charge in [-0.2, -0.15) is 0 Å². The van der Waals surface area contributed by atoms with Crippen LogP contribution >= 0.6 is 0 Å². The maximum absolute atomic E-state index is 2.40. The summed E-state index contributed by atoms with van der Waals surface area (Å²) in [6.45, 7) is 5.80. The third-order valence-corrected chi connectivity index (χ3v) is 8.80. The number of aryl methyl sites for hydroxylation is 2. The molecule has 1 heterocycles. The van der Waals surface area contributed by atoms with Crippen molar-refractivity contribution >= 4 is 0 Å². The molecular weight excluding hydrogens is 470 g/mol. The van der Waals surface area contributed by atoms with Gasteiger partial charge in [-0.15, -0.1) is 0 Å². The second kappa shape index (κ2) is 30.1. The fraction of sp³-hybridized carbons (Fsp3) is 0.868. The van der Waals surface area contributed by atoms with Crippen molar-refractivity contribution in [3.63, 3.8) is 0 Å². The maximum Gasteiger partial charge on any atom is 0.169 e. The van der Waals surface area contributed by atoms with Gasteiger partial charge in [0.2, 0.25) is 0 Å². The van der Waals surface area contributed by atoms with E-state index in [0.717, 1.165) is 0 Å². The lowest BCUT2D eigenvalue weighted by molar-refractivity contribution is -0.697. The van der Waals surface area contributed by atoms with Crippen LogP contribution in [0.2, 0.25) is 0 Å². The topological polar surface area (TPSA) is 3.88 Å². The van der Waals surface area contributed by atoms with Crippen molar-refractivity contribution in [3.05, 3.63) is 30.1 Å². The Labute approximate surface area is 247 Å². The first kappa shape index (κ1) is 36.2. The van der Waals surface area contributed by atoms with E-state index in [2.05, 4.69) is 42.9 Å². The van der Waals surface area contributed by atoms with Crippen LogP contribution in [0.1, 0.15) is 206 Å². The average molecular weight is 543 g/mol. The molecule has 0 spiro atoms. The first-order valence-corrected chi connectivity index (χ1v) is 18.3. The van der Waals surface area contributed by atoms with E-state index in [1.807, 2.05) is 0 Å². The van der Waals surface area contributed by atoms with Crippen molar-refractivity contribution in [1.29, 1.82) is 0 Å². The molecule has 0 atom stereocenters. The van der Waals surface area contributed by atoms with Gasteiger partial charge in [-0.05, 0) is 24.8 Å². The van der Waals surface area contributed by atoms with E-state index >= 15 is 0 Å². The lowest BCUT2D eigenvalue weighted by atomic mass is 10.0. The van der Waals surface area contributed by atoms with Gasteiger partial charge in [0.05, 0.1) is 0 Å². The van der Waals surface area contributed by atoms with Crippen LogP contribution in [-0.4, -0.2) is 0 Å². The summed E-state index contributed by atoms with van der Waals surface area (Å²) in [5.74, 6) is 0. The van der Waals surface area contributed by atoms with Crippen molar-refractivity contribution in [2.75, 3.05) is 0 Å². The molecule has 0 aliphatic heterocycles. The van der Waals surface area contributed by atoms with Gasteiger partial charge < -0.3 is 0 Å². The highest BCUT2D eigenvalue weighted by atomic mass is 14.9. The van der Waals surface area contributed by atoms with Gasteiger partial charge in [-0.25, -0.2) is 4.57 Å². The van der Waals surface area contributed by atoms with E-state index < -0.39 is 0 Å². The molecule has 0 aliphatic carbocycles. The zero-order valence-electron chi connectivity index (χ0n) is 27.2. The Bertz CT molecular complexity index is 577. The van der Waals surface area contributed by atoms with Crippen LogP contribution in [0.3, 0.4) is 0 Å². The summed E-state index contributed by atoms with van der Waals surface area (Å²) < 4.78 is 2.40. The molecule has 39 heavy (non-hydrogen) atoms. The highest BCUT2D eigenvalue weighted by Crippen LogP contribution is 2.15. The predicted octanol–water partition coefficient (Wildman–Crippen LogP) is 12.9. The highest BCUT2D eigenvalue weighted by Gasteiger charge is 2.02. The van der Waals surface area contributed by atoms with Gasteiger partial charge in [-0.1, -0.05) is 181 Å². The standard InChI is InChI=1S/C38H72N/c1-3-5-7-9-11-13-15-17-18-19-20-22-24-26-28-30-32-38-33-36-39(37-34-38)35-31-29-27-25-23-21-16-14-12-10-8-6-4-2/h33-34,36-37H,3-32,35H2,1-2H3/q+1. The minimum absolute atomic E-state index is 1.19. The summed E-state index contributed by atoms with van der Waals surface area (Å²) >= 11 is 0. The smallest absolute Gasteiger partial charge is 0.169 e. The Hall–Kier alpha value is -0.850. The van der Waals surface area contributed by atoms with Crippen molar-refractivity contribution in [1.82, 2.24) is 0 Å². The normalized spacial score (nSPS) is 11.4. The lowest BCUT2D eigenvalue weighted by Gasteiger charge is -2.04. The van der Waals surface area contributed by atoms with Gasteiger partial charge in [0.25, 0.3) is 0 Å². The Morgan fingerprint density at radius 1 is 0.359 bits per heavy atom. The molecule has 1 nitrogen and oxygen atoms in total. The van der Waals surface area contributed by atoms with Crippen LogP contribution < -0.4 is 4.57 Å². The minimum Gasteiger partial charge on any atom is -0.205 e. The Morgan fingerprint density at radius 3 is 0.974 bits per heavy atom. The molecule has 0 aliphatic rings. The Morgan fingerprint density at radius 2 is 0.641 bits per heavy atom. The molecule has 0 bridgehead atoms. The van der Waals surface area contributed by atoms with Gasteiger partial charge >= 0.3 is 0 Å². The number of hydrogen-bond donors (Lipinski definition) is 0. The number of hydrogen-bond acceptors (Lipinski definition) is 0. The van der Waals surface area contributed by atoms with E-state index in [1.54, 1.807) is 0 Å². The molecule has 0 N–H and O–H groups in total. The summed E-state index contributed by atoms with van der Waals surface area (Å²) in [4.78, 5) is 0. The second-order valence-corrected chi connectivity index (χ2v) is 12.7. The van der Waals surface area contributed by atoms with E-state index in [0.29, 0.717) is 0 Å². The summed E-state index contributed by atoms with van der Waals surface area (Å²) in [5, 5.41) is 0. The SMILES string of the molecule is CCCCCCCCCCCCCCCCCCc1cc[n+](CCCCCCCCCCCCCCC)cc1. The molecule has 228 valence electrons. The molecule has 0 aromatic carbocycles. The molecule has 1 heteroatoms. The summed E-state index contributed by atoms with van der Waals surface area (Å²) in [6, 6.07) is 4.74. The van der Waals surface area contributed by atoms with Crippen LogP contribution in [0.25, 0.3) is 0 Å². The van der Waals surface area contributed by atoms with Gasteiger partial charge in [0.1, 0.15) is 6.54 Å². The van der Waals surface area contributed by atoms with Gasteiger partial charge in [0, 0.05) is 18.6 Å². The second-order valence-electron chi connectivity index (χ2n) is 12.7. The monoisotopic (exact) mass is 543 g/mol. The summed E-state index contributed by atoms with van der Waals surface area (Å²) in [6.07, 6.45) is 47.7. The molecule has 0 saturated carbocycles. The minimum atomic E-state index is 1.19. The van der Waals surface area contributed by atoms with Crippen molar-refractivity contribution in [2.45, 2.75) is 213 Å². The molecule has 0 amide bonds. The van der Waals surface area contributed by atoms with Crippen LogP contribution in [0.15, 0.2) is 24.5 Å². The predicted molar refractivity (Wildman–Crippen MR) is 176 cm³/mol. The Kier molecular flexibility index (Phi) is 27.9. The number of pyridine rings is 1. The van der Waals surface area contributed by atoms with E-state index in [9.17, 15) is 0 Å². The first-order chi connectivity index (χ1) is 19.4. The number of aromatic nitrogens is 1. The van der Waals surface area contributed by atoms with Crippen LogP contribution in [0, 0.1) is 0 Å². The van der Waals surface area contributed by atoms with Gasteiger partial charge in [0.15, 0.2) is 12.4 Å². The molecule has 0 fully saturated rings. The fourth-order valence-corrected chi connectivity index (χ4v) is 5.99. The quantitative estimate of drug-likeness (QED) is 0.0648. The zero-order valence-corrected chi connectivity index (χ0v) is 27.2. The molecule has 1 aromatic heterocycles. The van der Waals surface area contributed by atoms with Crippen molar-refractivity contribution in [2.24, 2.45) is 0 Å². The van der Waals surface area contributed by atoms with Gasteiger partial charge in [-0.3, -0.25) is 0 Å². The van der Waals surface area contributed by atoms with E-state index in [1.165, 1.54) is 205 Å². The lowest BCUT2D eigenvalue weighted by Crippen LogP contribution is -2.32. The van der Waals surface area contributed by atoms with Crippen LogP contribution in [0.5, 0.6) is 0 Å². The number of unbranched alkanes of at least 4 members (excludes halogenated alkanes) is 27. The van der Waals surface area contributed by atoms with Crippen molar-refractivity contribution in [3.8, 4) is 0 Å². The highest BCUT2D eigenvalue weighted by molar-refractivity contribution is 5.07.